The summed E-state index contributed by atoms with van der Waals surface area (Å²) >= 11 is 0. The summed E-state index contributed by atoms with van der Waals surface area (Å²) in [5.74, 6) is 5.89. The molecule has 1 aliphatic heterocycles. The van der Waals surface area contributed by atoms with Crippen molar-refractivity contribution in [2.45, 2.75) is 45.4 Å². The van der Waals surface area contributed by atoms with Gasteiger partial charge in [0, 0.05) is 26.3 Å². The second kappa shape index (κ2) is 9.02. The van der Waals surface area contributed by atoms with Gasteiger partial charge in [0.15, 0.2) is 6.29 Å². The van der Waals surface area contributed by atoms with E-state index in [0.717, 1.165) is 19.3 Å². The first-order valence-corrected chi connectivity index (χ1v) is 9.41. The maximum absolute atomic E-state index is 11.7. The molecule has 126 valence electrons. The molecule has 7 nitrogen and oxygen atoms in total. The lowest BCUT2D eigenvalue weighted by atomic mass is 9.92. The third-order valence-corrected chi connectivity index (χ3v) is 5.01. The van der Waals surface area contributed by atoms with E-state index in [0.29, 0.717) is 26.3 Å². The van der Waals surface area contributed by atoms with Gasteiger partial charge in [-0.3, -0.25) is 11.3 Å². The van der Waals surface area contributed by atoms with Crippen LogP contribution in [0.5, 0.6) is 0 Å². The predicted molar refractivity (Wildman–Crippen MR) is 81.9 cm³/mol. The molecule has 3 N–H and O–H groups in total. The molecule has 1 heterocycles. The van der Waals surface area contributed by atoms with E-state index in [4.69, 9.17) is 15.3 Å². The zero-order valence-corrected chi connectivity index (χ0v) is 14.1. The molecule has 1 rings (SSSR count). The van der Waals surface area contributed by atoms with E-state index in [1.165, 1.54) is 6.26 Å². The number of rotatable bonds is 9. The molecule has 0 aromatic heterocycles. The summed E-state index contributed by atoms with van der Waals surface area (Å²) in [4.78, 5) is 0. The summed E-state index contributed by atoms with van der Waals surface area (Å²) in [5, 5.41) is 0. The van der Waals surface area contributed by atoms with Crippen molar-refractivity contribution in [2.75, 3.05) is 32.6 Å². The van der Waals surface area contributed by atoms with E-state index in [2.05, 4.69) is 5.43 Å². The predicted octanol–water partition coefficient (Wildman–Crippen LogP) is 0.279. The molecular formula is C13H29N3O4S. The minimum atomic E-state index is -3.12. The van der Waals surface area contributed by atoms with E-state index in [-0.39, 0.29) is 12.0 Å². The van der Waals surface area contributed by atoms with Crippen molar-refractivity contribution < 1.29 is 17.9 Å². The topological polar surface area (TPSA) is 93.9 Å². The minimum absolute atomic E-state index is 0.144. The average Bonchev–Trinajstić information content (AvgIpc) is 2.44. The van der Waals surface area contributed by atoms with Crippen LogP contribution in [-0.4, -0.2) is 57.6 Å². The zero-order chi connectivity index (χ0) is 15.9. The largest absolute Gasteiger partial charge is 0.351 e. The lowest BCUT2D eigenvalue weighted by molar-refractivity contribution is -0.157. The van der Waals surface area contributed by atoms with Crippen LogP contribution in [0.15, 0.2) is 0 Å². The molecular weight excluding hydrogens is 294 g/mol. The number of hydrazine groups is 1. The maximum Gasteiger partial charge on any atom is 0.211 e. The highest BCUT2D eigenvalue weighted by atomic mass is 32.2. The molecule has 0 spiro atoms. The highest BCUT2D eigenvalue weighted by molar-refractivity contribution is 7.88. The van der Waals surface area contributed by atoms with Crippen LogP contribution in [-0.2, 0) is 19.5 Å². The number of nitrogens with zero attached hydrogens (tertiary/aromatic N) is 1. The molecule has 0 radical (unpaired) electrons. The molecule has 2 atom stereocenters. The number of ether oxygens (including phenoxy) is 2. The monoisotopic (exact) mass is 323 g/mol. The van der Waals surface area contributed by atoms with Gasteiger partial charge in [0.1, 0.15) is 0 Å². The minimum Gasteiger partial charge on any atom is -0.351 e. The maximum atomic E-state index is 11.7. The number of nitrogens with two attached hydrogens (primary N) is 1. The molecule has 0 amide bonds. The third-order valence-electron chi connectivity index (χ3n) is 3.74. The van der Waals surface area contributed by atoms with Crippen LogP contribution in [0.3, 0.4) is 0 Å². The van der Waals surface area contributed by atoms with Crippen LogP contribution in [0.1, 0.15) is 33.1 Å². The van der Waals surface area contributed by atoms with Gasteiger partial charge in [-0.1, -0.05) is 0 Å². The molecule has 1 fully saturated rings. The van der Waals surface area contributed by atoms with E-state index < -0.39 is 16.3 Å². The number of hydrogen-bond acceptors (Lipinski definition) is 6. The Labute approximate surface area is 128 Å². The molecule has 2 unspecified atom stereocenters. The standard InChI is InChI=1S/C13H29N3O4S/c1-4-19-13(20-5-2)12(15-14)9-11-7-6-8-16(10-11)21(3,17)18/h11-13,15H,4-10,14H2,1-3H3. The quantitative estimate of drug-likeness (QED) is 0.360. The molecule has 21 heavy (non-hydrogen) atoms. The Balaban J connectivity index is 2.62. The Morgan fingerprint density at radius 2 is 1.95 bits per heavy atom. The van der Waals surface area contributed by atoms with E-state index in [9.17, 15) is 8.42 Å². The van der Waals surface area contributed by atoms with Crippen LogP contribution in [0.4, 0.5) is 0 Å². The van der Waals surface area contributed by atoms with Gasteiger partial charge >= 0.3 is 0 Å². The van der Waals surface area contributed by atoms with Crippen LogP contribution in [0.2, 0.25) is 0 Å². The number of nitrogens with one attached hydrogen (secondary N) is 1. The Morgan fingerprint density at radius 3 is 2.43 bits per heavy atom. The van der Waals surface area contributed by atoms with E-state index >= 15 is 0 Å². The Morgan fingerprint density at radius 1 is 1.33 bits per heavy atom. The summed E-state index contributed by atoms with van der Waals surface area (Å²) in [6.45, 7) is 6.06. The van der Waals surface area contributed by atoms with Crippen LogP contribution in [0.25, 0.3) is 0 Å². The lowest BCUT2D eigenvalue weighted by Gasteiger charge is -2.34. The fraction of sp³-hybridized carbons (Fsp3) is 1.00. The van der Waals surface area contributed by atoms with Gasteiger partial charge in [-0.25, -0.2) is 12.7 Å². The van der Waals surface area contributed by atoms with Gasteiger partial charge in [-0.2, -0.15) is 0 Å². The Bertz CT molecular complexity index is 385. The second-order valence-corrected chi connectivity index (χ2v) is 7.40. The summed E-state index contributed by atoms with van der Waals surface area (Å²) < 4.78 is 36.0. The van der Waals surface area contributed by atoms with E-state index in [1.54, 1.807) is 4.31 Å². The molecule has 1 saturated heterocycles. The zero-order valence-electron chi connectivity index (χ0n) is 13.2. The van der Waals surface area contributed by atoms with Gasteiger partial charge in [0.25, 0.3) is 0 Å². The summed E-state index contributed by atoms with van der Waals surface area (Å²) in [6.07, 6.45) is 3.46. The van der Waals surface area contributed by atoms with E-state index in [1.807, 2.05) is 13.8 Å². The Kier molecular flexibility index (Phi) is 8.07. The molecule has 0 saturated carbocycles. The van der Waals surface area contributed by atoms with Gasteiger partial charge < -0.3 is 9.47 Å². The van der Waals surface area contributed by atoms with Crippen LogP contribution < -0.4 is 11.3 Å². The first-order valence-electron chi connectivity index (χ1n) is 7.56. The number of piperidine rings is 1. The summed E-state index contributed by atoms with van der Waals surface area (Å²) in [5.41, 5.74) is 2.75. The van der Waals surface area contributed by atoms with Gasteiger partial charge in [0.2, 0.25) is 10.0 Å². The van der Waals surface area contributed by atoms with Crippen molar-refractivity contribution in [1.82, 2.24) is 9.73 Å². The smallest absolute Gasteiger partial charge is 0.211 e. The summed E-state index contributed by atoms with van der Waals surface area (Å²) in [7, 11) is -3.12. The highest BCUT2D eigenvalue weighted by Crippen LogP contribution is 2.24. The van der Waals surface area contributed by atoms with Gasteiger partial charge in [-0.05, 0) is 39.0 Å². The third kappa shape index (κ3) is 6.17. The summed E-state index contributed by atoms with van der Waals surface area (Å²) in [6, 6.07) is -0.144. The van der Waals surface area contributed by atoms with Crippen molar-refractivity contribution in [1.29, 1.82) is 0 Å². The van der Waals surface area contributed by atoms with Crippen molar-refractivity contribution in [3.8, 4) is 0 Å². The Hall–Kier alpha value is -0.250. The number of hydrogen-bond donors (Lipinski definition) is 2. The molecule has 0 aromatic carbocycles. The van der Waals surface area contributed by atoms with Crippen molar-refractivity contribution in [3.05, 3.63) is 0 Å². The molecule has 0 aliphatic carbocycles. The molecule has 1 aliphatic rings. The molecule has 0 bridgehead atoms. The van der Waals surface area contributed by atoms with Gasteiger partial charge in [-0.15, -0.1) is 0 Å². The second-order valence-electron chi connectivity index (χ2n) is 5.42. The normalized spacial score (nSPS) is 22.6. The van der Waals surface area contributed by atoms with Gasteiger partial charge in [0.05, 0.1) is 12.3 Å². The van der Waals surface area contributed by atoms with Crippen LogP contribution >= 0.6 is 0 Å². The molecule has 0 aromatic rings. The fourth-order valence-corrected chi connectivity index (χ4v) is 3.69. The molecule has 8 heteroatoms. The van der Waals surface area contributed by atoms with Crippen molar-refractivity contribution in [2.24, 2.45) is 11.8 Å². The van der Waals surface area contributed by atoms with Crippen molar-refractivity contribution >= 4 is 10.0 Å². The first-order chi connectivity index (χ1) is 9.92. The first kappa shape index (κ1) is 18.8. The number of sulfonamides is 1. The highest BCUT2D eigenvalue weighted by Gasteiger charge is 2.30. The van der Waals surface area contributed by atoms with Crippen LogP contribution in [0, 0.1) is 5.92 Å². The lowest BCUT2D eigenvalue weighted by Crippen LogP contribution is -2.49. The van der Waals surface area contributed by atoms with Crippen molar-refractivity contribution in [3.63, 3.8) is 0 Å². The fourth-order valence-electron chi connectivity index (χ4n) is 2.75. The average molecular weight is 323 g/mol. The SMILES string of the molecule is CCOC(OCC)C(CC1CCCN(S(C)(=O)=O)C1)NN.